The number of rotatable bonds is 5. The molecule has 1 aliphatic heterocycles. The summed E-state index contributed by atoms with van der Waals surface area (Å²) in [5, 5.41) is 0.855. The number of methoxy groups -OCH3 is 1. The topological polar surface area (TPSA) is 29.5 Å². The van der Waals surface area contributed by atoms with Gasteiger partial charge in [-0.2, -0.15) is 0 Å². The van der Waals surface area contributed by atoms with Crippen molar-refractivity contribution < 1.29 is 9.53 Å². The normalized spacial score (nSPS) is 25.4. The molecule has 2 aromatic rings. The molecule has 1 saturated carbocycles. The van der Waals surface area contributed by atoms with Crippen molar-refractivity contribution in [3.8, 4) is 5.75 Å². The van der Waals surface area contributed by atoms with Crippen molar-refractivity contribution in [2.45, 2.75) is 37.5 Å². The zero-order valence-electron chi connectivity index (χ0n) is 16.5. The number of hydrogen-bond acceptors (Lipinski definition) is 3. The van der Waals surface area contributed by atoms with Crippen LogP contribution < -0.4 is 4.74 Å². The molecular formula is C24H28ClNO2. The smallest absolute Gasteiger partial charge is 0.133 e. The maximum Gasteiger partial charge on any atom is 0.133 e. The van der Waals surface area contributed by atoms with E-state index in [2.05, 4.69) is 35.2 Å². The summed E-state index contributed by atoms with van der Waals surface area (Å²) in [5.41, 5.74) is 2.45. The first-order chi connectivity index (χ1) is 13.6. The van der Waals surface area contributed by atoms with Gasteiger partial charge in [-0.25, -0.2) is 0 Å². The summed E-state index contributed by atoms with van der Waals surface area (Å²) in [7, 11) is 1.71. The summed E-state index contributed by atoms with van der Waals surface area (Å²) >= 11 is 6.33. The molecule has 0 amide bonds. The summed E-state index contributed by atoms with van der Waals surface area (Å²) in [5.74, 6) is 1.80. The van der Waals surface area contributed by atoms with Gasteiger partial charge in [0.05, 0.1) is 7.11 Å². The molecule has 2 fully saturated rings. The van der Waals surface area contributed by atoms with Gasteiger partial charge in [-0.15, -0.1) is 0 Å². The number of ether oxygens (including phenoxy) is 1. The lowest BCUT2D eigenvalue weighted by Crippen LogP contribution is -2.53. The van der Waals surface area contributed by atoms with E-state index < -0.39 is 0 Å². The average Bonchev–Trinajstić information content (AvgIpc) is 2.73. The maximum atomic E-state index is 12.4. The number of hydrogen-bond donors (Lipinski definition) is 0. The third-order valence-corrected chi connectivity index (χ3v) is 7.09. The van der Waals surface area contributed by atoms with Crippen LogP contribution in [-0.2, 0) is 16.6 Å². The molecule has 2 aromatic carbocycles. The van der Waals surface area contributed by atoms with Crippen LogP contribution in [0.5, 0.6) is 5.75 Å². The molecule has 0 radical (unpaired) electrons. The molecule has 1 heterocycles. The Bertz CT molecular complexity index is 852. The molecule has 2 atom stereocenters. The van der Waals surface area contributed by atoms with Crippen LogP contribution >= 0.6 is 11.6 Å². The van der Waals surface area contributed by atoms with E-state index in [1.165, 1.54) is 11.1 Å². The minimum absolute atomic E-state index is 0.0369. The Kier molecular flexibility index (Phi) is 5.75. The fraction of sp³-hybridized carbons (Fsp3) is 0.458. The first-order valence-corrected chi connectivity index (χ1v) is 10.6. The Morgan fingerprint density at radius 2 is 2.07 bits per heavy atom. The molecule has 28 heavy (non-hydrogen) atoms. The Labute approximate surface area is 172 Å². The highest BCUT2D eigenvalue weighted by atomic mass is 35.5. The molecule has 0 N–H and O–H groups in total. The number of benzene rings is 2. The summed E-state index contributed by atoms with van der Waals surface area (Å²) < 4.78 is 5.46. The van der Waals surface area contributed by atoms with Gasteiger partial charge in [0.15, 0.2) is 0 Å². The average molecular weight is 398 g/mol. The zero-order chi connectivity index (χ0) is 19.6. The minimum atomic E-state index is -0.0369. The maximum absolute atomic E-state index is 12.4. The lowest BCUT2D eigenvalue weighted by molar-refractivity contribution is -0.125. The second-order valence-electron chi connectivity index (χ2n) is 8.23. The second kappa shape index (κ2) is 8.26. The van der Waals surface area contributed by atoms with Crippen LogP contribution in [0, 0.1) is 5.92 Å². The van der Waals surface area contributed by atoms with Crippen LogP contribution in [0.4, 0.5) is 0 Å². The van der Waals surface area contributed by atoms with Crippen molar-refractivity contribution in [2.24, 2.45) is 5.92 Å². The van der Waals surface area contributed by atoms with Gasteiger partial charge in [0, 0.05) is 36.4 Å². The van der Waals surface area contributed by atoms with Crippen molar-refractivity contribution >= 4 is 17.4 Å². The van der Waals surface area contributed by atoms with Crippen LogP contribution in [0.3, 0.4) is 0 Å². The van der Waals surface area contributed by atoms with Crippen LogP contribution in [-0.4, -0.2) is 37.4 Å². The Balaban J connectivity index is 1.51. The third-order valence-electron chi connectivity index (χ3n) is 6.72. The van der Waals surface area contributed by atoms with E-state index in [4.69, 9.17) is 16.3 Å². The van der Waals surface area contributed by atoms with Crippen molar-refractivity contribution in [3.63, 3.8) is 0 Å². The van der Waals surface area contributed by atoms with Gasteiger partial charge >= 0.3 is 0 Å². The number of likely N-dealkylation sites (tertiary alicyclic amines) is 1. The van der Waals surface area contributed by atoms with E-state index in [-0.39, 0.29) is 5.41 Å². The first kappa shape index (κ1) is 19.5. The fourth-order valence-corrected chi connectivity index (χ4v) is 5.34. The van der Waals surface area contributed by atoms with Gasteiger partial charge in [-0.3, -0.25) is 4.79 Å². The quantitative estimate of drug-likeness (QED) is 0.718. The number of piperidine rings is 1. The van der Waals surface area contributed by atoms with E-state index in [9.17, 15) is 4.79 Å². The molecule has 3 nitrogen and oxygen atoms in total. The number of nitrogens with zero attached hydrogens (tertiary/aromatic N) is 1. The molecule has 2 aliphatic rings. The lowest BCUT2D eigenvalue weighted by atomic mass is 9.59. The molecule has 0 spiro atoms. The van der Waals surface area contributed by atoms with Crippen LogP contribution in [0.2, 0.25) is 5.02 Å². The molecule has 4 heteroatoms. The van der Waals surface area contributed by atoms with Gasteiger partial charge in [0.2, 0.25) is 0 Å². The number of fused-ring (bicyclic) bond motifs is 1. The van der Waals surface area contributed by atoms with Crippen molar-refractivity contribution in [1.29, 1.82) is 0 Å². The summed E-state index contributed by atoms with van der Waals surface area (Å²) in [6.45, 7) is 3.09. The summed E-state index contributed by atoms with van der Waals surface area (Å²) in [6, 6.07) is 16.5. The highest BCUT2D eigenvalue weighted by molar-refractivity contribution is 6.31. The van der Waals surface area contributed by atoms with E-state index in [0.717, 1.165) is 56.1 Å². The lowest BCUT2D eigenvalue weighted by Gasteiger charge is -2.50. The molecule has 4 rings (SSSR count). The number of carbonyl (C=O) groups is 1. The van der Waals surface area contributed by atoms with Crippen molar-refractivity contribution in [1.82, 2.24) is 4.90 Å². The number of ketones is 1. The Morgan fingerprint density at radius 3 is 2.89 bits per heavy atom. The number of Topliss-reactive ketones (excluding diaryl/α,β-unsaturated/α-hetero) is 1. The van der Waals surface area contributed by atoms with Gasteiger partial charge < -0.3 is 9.64 Å². The SMILES string of the molecule is COc1cccc([C@]23CCN(CCc4ccccc4Cl)C[C@H]2CCC(=O)C3)c1. The molecular weight excluding hydrogens is 370 g/mol. The monoisotopic (exact) mass is 397 g/mol. The predicted molar refractivity (Wildman–Crippen MR) is 113 cm³/mol. The first-order valence-electron chi connectivity index (χ1n) is 10.2. The van der Waals surface area contributed by atoms with Gasteiger partial charge in [0.25, 0.3) is 0 Å². The predicted octanol–water partition coefficient (Wildman–Crippen LogP) is 4.90. The van der Waals surface area contributed by atoms with Gasteiger partial charge in [-0.05, 0) is 61.1 Å². The molecule has 1 saturated heterocycles. The minimum Gasteiger partial charge on any atom is -0.497 e. The summed E-state index contributed by atoms with van der Waals surface area (Å²) in [4.78, 5) is 15.0. The number of carbonyl (C=O) groups excluding carboxylic acids is 1. The van der Waals surface area contributed by atoms with E-state index in [1.807, 2.05) is 18.2 Å². The largest absolute Gasteiger partial charge is 0.497 e. The summed E-state index contributed by atoms with van der Waals surface area (Å²) in [6.07, 6.45) is 4.37. The van der Waals surface area contributed by atoms with Crippen LogP contribution in [0.1, 0.15) is 36.8 Å². The van der Waals surface area contributed by atoms with E-state index in [0.29, 0.717) is 18.1 Å². The molecule has 0 unspecified atom stereocenters. The van der Waals surface area contributed by atoms with E-state index in [1.54, 1.807) is 7.11 Å². The number of halogens is 1. The van der Waals surface area contributed by atoms with Crippen LogP contribution in [0.25, 0.3) is 0 Å². The molecule has 0 bridgehead atoms. The van der Waals surface area contributed by atoms with Gasteiger partial charge in [0.1, 0.15) is 11.5 Å². The Morgan fingerprint density at radius 1 is 1.21 bits per heavy atom. The van der Waals surface area contributed by atoms with E-state index >= 15 is 0 Å². The third kappa shape index (κ3) is 3.83. The molecule has 148 valence electrons. The highest BCUT2D eigenvalue weighted by Gasteiger charge is 2.47. The standard InChI is InChI=1S/C24H28ClNO2/c1-28-22-7-4-6-19(15-22)24-12-14-26(17-20(24)9-10-21(27)16-24)13-11-18-5-2-3-8-23(18)25/h2-8,15,20H,9-14,16-17H2,1H3/t20-,24-/m1/s1. The molecule has 1 aliphatic carbocycles. The van der Waals surface area contributed by atoms with Crippen molar-refractivity contribution in [2.75, 3.05) is 26.7 Å². The zero-order valence-corrected chi connectivity index (χ0v) is 17.3. The Hall–Kier alpha value is -1.84. The fourth-order valence-electron chi connectivity index (χ4n) is 5.11. The van der Waals surface area contributed by atoms with Crippen molar-refractivity contribution in [3.05, 3.63) is 64.7 Å². The van der Waals surface area contributed by atoms with Crippen LogP contribution in [0.15, 0.2) is 48.5 Å². The molecule has 0 aromatic heterocycles. The van der Waals surface area contributed by atoms with Gasteiger partial charge in [-0.1, -0.05) is 41.9 Å². The highest BCUT2D eigenvalue weighted by Crippen LogP contribution is 2.48. The second-order valence-corrected chi connectivity index (χ2v) is 8.64.